The fourth-order valence-electron chi connectivity index (χ4n) is 4.90. The highest BCUT2D eigenvalue weighted by Crippen LogP contribution is 2.19. The molecule has 0 atom stereocenters. The van der Waals surface area contributed by atoms with E-state index in [1.807, 2.05) is 78.7 Å². The lowest BCUT2D eigenvalue weighted by molar-refractivity contribution is -0.133. The molecule has 4 rings (SSSR count). The number of nitrogens with zero attached hydrogens (tertiary/aromatic N) is 3. The summed E-state index contributed by atoms with van der Waals surface area (Å²) in [4.78, 5) is 31.1. The molecule has 0 unspecified atom stereocenters. The van der Waals surface area contributed by atoms with Crippen molar-refractivity contribution >= 4 is 11.8 Å². The minimum absolute atomic E-state index is 0.0500. The van der Waals surface area contributed by atoms with Crippen LogP contribution in [0.3, 0.4) is 0 Å². The van der Waals surface area contributed by atoms with Crippen LogP contribution < -0.4 is 9.47 Å². The summed E-state index contributed by atoms with van der Waals surface area (Å²) < 4.78 is 18.4. The second kappa shape index (κ2) is 16.2. The van der Waals surface area contributed by atoms with Gasteiger partial charge in [-0.05, 0) is 66.9 Å². The van der Waals surface area contributed by atoms with Crippen LogP contribution in [-0.2, 0) is 29.2 Å². The third kappa shape index (κ3) is 9.21. The summed E-state index contributed by atoms with van der Waals surface area (Å²) in [6.45, 7) is 4.86. The second-order valence-electron chi connectivity index (χ2n) is 10.2. The van der Waals surface area contributed by atoms with E-state index in [2.05, 4.69) is 10.6 Å². The zero-order valence-corrected chi connectivity index (χ0v) is 25.3. The maximum absolute atomic E-state index is 14.0. The van der Waals surface area contributed by atoms with Gasteiger partial charge in [0.25, 0.3) is 5.91 Å². The van der Waals surface area contributed by atoms with E-state index in [-0.39, 0.29) is 18.4 Å². The first-order valence-corrected chi connectivity index (χ1v) is 14.6. The molecule has 1 aromatic heterocycles. The van der Waals surface area contributed by atoms with Gasteiger partial charge in [0.1, 0.15) is 18.0 Å². The van der Waals surface area contributed by atoms with Crippen molar-refractivity contribution in [3.05, 3.63) is 120 Å². The Hall–Kier alpha value is -4.56. The average molecular weight is 584 g/mol. The van der Waals surface area contributed by atoms with Crippen molar-refractivity contribution in [3.63, 3.8) is 0 Å². The zero-order chi connectivity index (χ0) is 30.4. The number of carbonyl (C=O) groups excluding carboxylic acids is 2. The summed E-state index contributed by atoms with van der Waals surface area (Å²) >= 11 is 0. The van der Waals surface area contributed by atoms with Gasteiger partial charge in [-0.2, -0.15) is 0 Å². The van der Waals surface area contributed by atoms with Gasteiger partial charge in [-0.1, -0.05) is 48.5 Å². The Labute approximate surface area is 254 Å². The number of hydrogen-bond donors (Lipinski definition) is 0. The quantitative estimate of drug-likeness (QED) is 0.159. The third-order valence-corrected chi connectivity index (χ3v) is 7.18. The molecule has 8 nitrogen and oxygen atoms in total. The number of ether oxygens (including phenoxy) is 3. The predicted molar refractivity (Wildman–Crippen MR) is 167 cm³/mol. The van der Waals surface area contributed by atoms with E-state index in [1.54, 1.807) is 43.4 Å². The molecular weight excluding hydrogens is 542 g/mol. The smallest absolute Gasteiger partial charge is 0.254 e. The summed E-state index contributed by atoms with van der Waals surface area (Å²) in [6.07, 6.45) is 2.64. The SMILES string of the molecule is CCOCCCN(CC(=O)N(Cc1ccccc1)Cc1cccn1Cc1cccc(OC)c1)C(=O)c1cccc(OC)c1. The van der Waals surface area contributed by atoms with Gasteiger partial charge in [-0.25, -0.2) is 0 Å². The molecule has 0 N–H and O–H groups in total. The van der Waals surface area contributed by atoms with Crippen LogP contribution in [0.1, 0.15) is 40.5 Å². The molecule has 0 radical (unpaired) electrons. The van der Waals surface area contributed by atoms with Gasteiger partial charge in [0.2, 0.25) is 5.91 Å². The molecule has 0 aliphatic heterocycles. The molecule has 226 valence electrons. The van der Waals surface area contributed by atoms with E-state index in [9.17, 15) is 9.59 Å². The van der Waals surface area contributed by atoms with E-state index in [1.165, 1.54) is 0 Å². The monoisotopic (exact) mass is 583 g/mol. The molecule has 0 fully saturated rings. The molecular formula is C35H41N3O5. The lowest BCUT2D eigenvalue weighted by atomic mass is 10.1. The van der Waals surface area contributed by atoms with Gasteiger partial charge >= 0.3 is 0 Å². The Kier molecular flexibility index (Phi) is 11.8. The molecule has 0 bridgehead atoms. The first-order valence-electron chi connectivity index (χ1n) is 14.6. The normalized spacial score (nSPS) is 10.8. The number of methoxy groups -OCH3 is 2. The third-order valence-electron chi connectivity index (χ3n) is 7.18. The molecule has 0 saturated carbocycles. The predicted octanol–water partition coefficient (Wildman–Crippen LogP) is 5.65. The van der Waals surface area contributed by atoms with Crippen molar-refractivity contribution in [1.29, 1.82) is 0 Å². The molecule has 43 heavy (non-hydrogen) atoms. The van der Waals surface area contributed by atoms with E-state index < -0.39 is 0 Å². The highest BCUT2D eigenvalue weighted by atomic mass is 16.5. The zero-order valence-electron chi connectivity index (χ0n) is 25.3. The molecule has 3 aromatic carbocycles. The van der Waals surface area contributed by atoms with Gasteiger partial charge in [0.05, 0.1) is 20.8 Å². The van der Waals surface area contributed by atoms with Crippen molar-refractivity contribution in [1.82, 2.24) is 14.4 Å². The Balaban J connectivity index is 1.57. The summed E-state index contributed by atoms with van der Waals surface area (Å²) in [7, 11) is 3.23. The molecule has 0 aliphatic rings. The minimum Gasteiger partial charge on any atom is -0.497 e. The Morgan fingerprint density at radius 3 is 2.23 bits per heavy atom. The fourth-order valence-corrected chi connectivity index (χ4v) is 4.90. The maximum Gasteiger partial charge on any atom is 0.254 e. The van der Waals surface area contributed by atoms with Crippen molar-refractivity contribution in [2.75, 3.05) is 40.5 Å². The largest absolute Gasteiger partial charge is 0.497 e. The number of benzene rings is 3. The molecule has 0 aliphatic carbocycles. The van der Waals surface area contributed by atoms with Gasteiger partial charge < -0.3 is 28.6 Å². The summed E-state index contributed by atoms with van der Waals surface area (Å²) in [5.74, 6) is 1.04. The van der Waals surface area contributed by atoms with Crippen molar-refractivity contribution < 1.29 is 23.8 Å². The van der Waals surface area contributed by atoms with E-state index in [4.69, 9.17) is 14.2 Å². The lowest BCUT2D eigenvalue weighted by Crippen LogP contribution is -2.43. The highest BCUT2D eigenvalue weighted by molar-refractivity contribution is 5.96. The molecule has 2 amide bonds. The summed E-state index contributed by atoms with van der Waals surface area (Å²) in [6, 6.07) is 28.9. The standard InChI is InChI=1S/C35H41N3O5/c1-4-43-21-11-20-37(35(40)30-15-9-18-33(23-30)42-3)27-34(39)38(24-28-12-6-5-7-13-28)26-31-16-10-19-36(31)25-29-14-8-17-32(22-29)41-2/h5-10,12-19,22-23H,4,11,20-21,24-27H2,1-3H3. The first kappa shape index (κ1) is 31.4. The van der Waals surface area contributed by atoms with Crippen LogP contribution in [0.2, 0.25) is 0 Å². The van der Waals surface area contributed by atoms with Crippen molar-refractivity contribution in [2.24, 2.45) is 0 Å². The fraction of sp³-hybridized carbons (Fsp3) is 0.314. The van der Waals surface area contributed by atoms with Crippen LogP contribution in [0.5, 0.6) is 11.5 Å². The van der Waals surface area contributed by atoms with Crippen LogP contribution in [0.25, 0.3) is 0 Å². The number of carbonyl (C=O) groups is 2. The van der Waals surface area contributed by atoms with E-state index >= 15 is 0 Å². The molecule has 0 saturated heterocycles. The van der Waals surface area contributed by atoms with Crippen LogP contribution in [0.4, 0.5) is 0 Å². The Bertz CT molecular complexity index is 1450. The van der Waals surface area contributed by atoms with Crippen LogP contribution in [-0.4, -0.2) is 66.7 Å². The van der Waals surface area contributed by atoms with Gasteiger partial charge in [-0.3, -0.25) is 9.59 Å². The van der Waals surface area contributed by atoms with Gasteiger partial charge in [0.15, 0.2) is 0 Å². The Morgan fingerprint density at radius 1 is 0.767 bits per heavy atom. The van der Waals surface area contributed by atoms with Crippen LogP contribution in [0.15, 0.2) is 97.2 Å². The lowest BCUT2D eigenvalue weighted by Gasteiger charge is -2.28. The highest BCUT2D eigenvalue weighted by Gasteiger charge is 2.24. The van der Waals surface area contributed by atoms with Crippen molar-refractivity contribution in [3.8, 4) is 11.5 Å². The van der Waals surface area contributed by atoms with E-state index in [0.29, 0.717) is 57.1 Å². The topological polar surface area (TPSA) is 73.2 Å². The summed E-state index contributed by atoms with van der Waals surface area (Å²) in [5, 5.41) is 0. The first-order chi connectivity index (χ1) is 21.0. The number of amides is 2. The number of hydrogen-bond acceptors (Lipinski definition) is 5. The number of rotatable bonds is 16. The second-order valence-corrected chi connectivity index (χ2v) is 10.2. The van der Waals surface area contributed by atoms with Crippen molar-refractivity contribution in [2.45, 2.75) is 33.0 Å². The average Bonchev–Trinajstić information content (AvgIpc) is 3.48. The summed E-state index contributed by atoms with van der Waals surface area (Å²) in [5.41, 5.74) is 3.59. The molecule has 8 heteroatoms. The van der Waals surface area contributed by atoms with Crippen LogP contribution >= 0.6 is 0 Å². The van der Waals surface area contributed by atoms with E-state index in [0.717, 1.165) is 22.6 Å². The molecule has 1 heterocycles. The number of aromatic nitrogens is 1. The van der Waals surface area contributed by atoms with Gasteiger partial charge in [0, 0.05) is 50.3 Å². The van der Waals surface area contributed by atoms with Gasteiger partial charge in [-0.15, -0.1) is 0 Å². The maximum atomic E-state index is 14.0. The minimum atomic E-state index is -0.218. The molecule has 0 spiro atoms. The molecule has 4 aromatic rings. The van der Waals surface area contributed by atoms with Crippen LogP contribution in [0, 0.1) is 0 Å². The Morgan fingerprint density at radius 2 is 1.49 bits per heavy atom.